The zero-order chi connectivity index (χ0) is 11.1. The van der Waals surface area contributed by atoms with E-state index in [4.69, 9.17) is 4.74 Å². The lowest BCUT2D eigenvalue weighted by atomic mass is 10.1. The summed E-state index contributed by atoms with van der Waals surface area (Å²) < 4.78 is 4.87. The van der Waals surface area contributed by atoms with Crippen LogP contribution in [0.3, 0.4) is 0 Å². The standard InChI is InChI=1S/C11H14N2O2/c1-3-4-5-6-10(14)9-7-8-11(15-2)13-12-9/h7-8,10,14H,5-6H2,1-2H3. The fourth-order valence-electron chi connectivity index (χ4n) is 1.10. The molecule has 1 atom stereocenters. The quantitative estimate of drug-likeness (QED) is 0.755. The van der Waals surface area contributed by atoms with E-state index < -0.39 is 6.10 Å². The summed E-state index contributed by atoms with van der Waals surface area (Å²) in [5.74, 6) is 6.11. The average Bonchev–Trinajstić information content (AvgIpc) is 2.29. The molecule has 0 aliphatic heterocycles. The molecule has 4 heteroatoms. The van der Waals surface area contributed by atoms with Crippen molar-refractivity contribution in [3.63, 3.8) is 0 Å². The minimum absolute atomic E-state index is 0.444. The Kier molecular flexibility index (Phi) is 4.58. The lowest BCUT2D eigenvalue weighted by Gasteiger charge is -2.07. The van der Waals surface area contributed by atoms with Crippen LogP contribution in [0, 0.1) is 11.8 Å². The molecule has 0 saturated carbocycles. The fraction of sp³-hybridized carbons (Fsp3) is 0.455. The monoisotopic (exact) mass is 206 g/mol. The molecular formula is C11H14N2O2. The zero-order valence-electron chi connectivity index (χ0n) is 8.90. The molecule has 80 valence electrons. The summed E-state index contributed by atoms with van der Waals surface area (Å²) in [4.78, 5) is 0. The molecular weight excluding hydrogens is 192 g/mol. The molecule has 1 aromatic heterocycles. The van der Waals surface area contributed by atoms with E-state index in [-0.39, 0.29) is 0 Å². The third kappa shape index (κ3) is 3.56. The van der Waals surface area contributed by atoms with Crippen LogP contribution in [-0.4, -0.2) is 22.4 Å². The van der Waals surface area contributed by atoms with Gasteiger partial charge in [0, 0.05) is 12.5 Å². The lowest BCUT2D eigenvalue weighted by Crippen LogP contribution is -2.02. The Morgan fingerprint density at radius 2 is 2.27 bits per heavy atom. The van der Waals surface area contributed by atoms with Crippen LogP contribution < -0.4 is 4.74 Å². The molecule has 0 bridgehead atoms. The summed E-state index contributed by atoms with van der Waals surface area (Å²) in [6.07, 6.45) is 0.622. The predicted octanol–water partition coefficient (Wildman–Crippen LogP) is 1.32. The number of hydrogen-bond acceptors (Lipinski definition) is 4. The van der Waals surface area contributed by atoms with Crippen LogP contribution in [0.1, 0.15) is 31.6 Å². The normalized spacial score (nSPS) is 11.4. The molecule has 1 heterocycles. The average molecular weight is 206 g/mol. The molecule has 1 aromatic rings. The maximum Gasteiger partial charge on any atom is 0.233 e. The van der Waals surface area contributed by atoms with Gasteiger partial charge < -0.3 is 9.84 Å². The van der Waals surface area contributed by atoms with Gasteiger partial charge in [-0.2, -0.15) is 0 Å². The Hall–Kier alpha value is -1.60. The lowest BCUT2D eigenvalue weighted by molar-refractivity contribution is 0.163. The molecule has 1 N–H and O–H groups in total. The molecule has 0 fully saturated rings. The maximum absolute atomic E-state index is 9.70. The van der Waals surface area contributed by atoms with Gasteiger partial charge >= 0.3 is 0 Å². The highest BCUT2D eigenvalue weighted by Crippen LogP contribution is 2.16. The highest BCUT2D eigenvalue weighted by atomic mass is 16.5. The number of methoxy groups -OCH3 is 1. The van der Waals surface area contributed by atoms with E-state index in [1.165, 1.54) is 7.11 Å². The van der Waals surface area contributed by atoms with Crippen molar-refractivity contribution in [3.05, 3.63) is 17.8 Å². The molecule has 0 aromatic carbocycles. The van der Waals surface area contributed by atoms with Crippen LogP contribution in [0.5, 0.6) is 5.88 Å². The Morgan fingerprint density at radius 1 is 1.47 bits per heavy atom. The molecule has 15 heavy (non-hydrogen) atoms. The van der Waals surface area contributed by atoms with E-state index in [0.717, 1.165) is 0 Å². The molecule has 0 radical (unpaired) electrons. The predicted molar refractivity (Wildman–Crippen MR) is 56.2 cm³/mol. The topological polar surface area (TPSA) is 55.2 Å². The van der Waals surface area contributed by atoms with Gasteiger partial charge in [-0.1, -0.05) is 0 Å². The minimum atomic E-state index is -0.607. The smallest absolute Gasteiger partial charge is 0.233 e. The van der Waals surface area contributed by atoms with Gasteiger partial charge in [0.2, 0.25) is 5.88 Å². The number of aromatic nitrogens is 2. The molecule has 0 spiro atoms. The van der Waals surface area contributed by atoms with Crippen molar-refractivity contribution >= 4 is 0 Å². The summed E-state index contributed by atoms with van der Waals surface area (Å²) >= 11 is 0. The van der Waals surface area contributed by atoms with Crippen molar-refractivity contribution < 1.29 is 9.84 Å². The first-order valence-electron chi connectivity index (χ1n) is 4.73. The van der Waals surface area contributed by atoms with E-state index in [9.17, 15) is 5.11 Å². The number of hydrogen-bond donors (Lipinski definition) is 1. The largest absolute Gasteiger partial charge is 0.480 e. The highest BCUT2D eigenvalue weighted by molar-refractivity contribution is 5.13. The second kappa shape index (κ2) is 5.99. The van der Waals surface area contributed by atoms with Crippen molar-refractivity contribution in [1.82, 2.24) is 10.2 Å². The molecule has 0 aliphatic rings. The third-order valence-electron chi connectivity index (χ3n) is 1.93. The van der Waals surface area contributed by atoms with Gasteiger partial charge in [0.15, 0.2) is 0 Å². The Balaban J connectivity index is 2.56. The van der Waals surface area contributed by atoms with Crippen LogP contribution in [-0.2, 0) is 0 Å². The zero-order valence-corrected chi connectivity index (χ0v) is 8.90. The summed E-state index contributed by atoms with van der Waals surface area (Å²) in [5.41, 5.74) is 0.550. The van der Waals surface area contributed by atoms with Crippen molar-refractivity contribution in [3.8, 4) is 17.7 Å². The summed E-state index contributed by atoms with van der Waals surface area (Å²) in [5, 5.41) is 17.3. The van der Waals surface area contributed by atoms with Crippen molar-refractivity contribution in [2.24, 2.45) is 0 Å². The SMILES string of the molecule is CC#CCCC(O)c1ccc(OC)nn1. The molecule has 0 aliphatic carbocycles. The Morgan fingerprint density at radius 3 is 2.80 bits per heavy atom. The molecule has 0 saturated heterocycles. The van der Waals surface area contributed by atoms with E-state index in [2.05, 4.69) is 22.0 Å². The van der Waals surface area contributed by atoms with Crippen molar-refractivity contribution in [2.45, 2.75) is 25.9 Å². The highest BCUT2D eigenvalue weighted by Gasteiger charge is 2.08. The van der Waals surface area contributed by atoms with E-state index in [0.29, 0.717) is 24.4 Å². The van der Waals surface area contributed by atoms with E-state index >= 15 is 0 Å². The first kappa shape index (κ1) is 11.5. The van der Waals surface area contributed by atoms with Crippen molar-refractivity contribution in [2.75, 3.05) is 7.11 Å². The summed E-state index contributed by atoms with van der Waals surface area (Å²) in [6, 6.07) is 3.38. The van der Waals surface area contributed by atoms with Crippen LogP contribution in [0.2, 0.25) is 0 Å². The molecule has 1 rings (SSSR count). The van der Waals surface area contributed by atoms with Crippen LogP contribution >= 0.6 is 0 Å². The van der Waals surface area contributed by atoms with Gasteiger partial charge in [-0.3, -0.25) is 0 Å². The number of rotatable bonds is 4. The Bertz CT molecular complexity index is 351. The maximum atomic E-state index is 9.70. The van der Waals surface area contributed by atoms with Gasteiger partial charge in [0.1, 0.15) is 0 Å². The van der Waals surface area contributed by atoms with Gasteiger partial charge in [-0.15, -0.1) is 22.0 Å². The molecule has 0 amide bonds. The number of aliphatic hydroxyl groups excluding tert-OH is 1. The van der Waals surface area contributed by atoms with Gasteiger partial charge in [-0.25, -0.2) is 0 Å². The van der Waals surface area contributed by atoms with Crippen molar-refractivity contribution in [1.29, 1.82) is 0 Å². The second-order valence-corrected chi connectivity index (χ2v) is 2.98. The van der Waals surface area contributed by atoms with E-state index in [1.807, 2.05) is 0 Å². The number of ether oxygens (including phenoxy) is 1. The van der Waals surface area contributed by atoms with Crippen LogP contribution in [0.15, 0.2) is 12.1 Å². The van der Waals surface area contributed by atoms with E-state index in [1.54, 1.807) is 19.1 Å². The molecule has 4 nitrogen and oxygen atoms in total. The summed E-state index contributed by atoms with van der Waals surface area (Å²) in [6.45, 7) is 1.78. The number of aliphatic hydroxyl groups is 1. The van der Waals surface area contributed by atoms with Crippen LogP contribution in [0.4, 0.5) is 0 Å². The fourth-order valence-corrected chi connectivity index (χ4v) is 1.10. The van der Waals surface area contributed by atoms with Crippen LogP contribution in [0.25, 0.3) is 0 Å². The molecule has 1 unspecified atom stereocenters. The Labute approximate surface area is 89.3 Å². The third-order valence-corrected chi connectivity index (χ3v) is 1.93. The first-order valence-corrected chi connectivity index (χ1v) is 4.73. The first-order chi connectivity index (χ1) is 7.27. The summed E-state index contributed by atoms with van der Waals surface area (Å²) in [7, 11) is 1.52. The number of nitrogens with zero attached hydrogens (tertiary/aromatic N) is 2. The minimum Gasteiger partial charge on any atom is -0.480 e. The van der Waals surface area contributed by atoms with Gasteiger partial charge in [-0.05, 0) is 19.4 Å². The van der Waals surface area contributed by atoms with Gasteiger partial charge in [0.05, 0.1) is 18.9 Å². The second-order valence-electron chi connectivity index (χ2n) is 2.98. The van der Waals surface area contributed by atoms with Gasteiger partial charge in [0.25, 0.3) is 0 Å².